The smallest absolute Gasteiger partial charge is 0.250 e. The van der Waals surface area contributed by atoms with Gasteiger partial charge in [0.05, 0.1) is 18.5 Å². The Morgan fingerprint density at radius 2 is 2.13 bits per heavy atom. The highest BCUT2D eigenvalue weighted by molar-refractivity contribution is 6.08. The molecule has 3 rings (SSSR count). The zero-order chi connectivity index (χ0) is 10.5. The predicted octanol–water partition coefficient (Wildman–Crippen LogP) is 1.59. The molecule has 2 N–H and O–H groups in total. The summed E-state index contributed by atoms with van der Waals surface area (Å²) >= 11 is 0. The Kier molecular flexibility index (Phi) is 1.52. The van der Waals surface area contributed by atoms with Gasteiger partial charge in [0.1, 0.15) is 11.3 Å². The van der Waals surface area contributed by atoms with E-state index >= 15 is 0 Å². The number of anilines is 2. The van der Waals surface area contributed by atoms with Crippen LogP contribution in [0.25, 0.3) is 0 Å². The zero-order valence-corrected chi connectivity index (χ0v) is 8.46. The molecule has 4 heteroatoms. The summed E-state index contributed by atoms with van der Waals surface area (Å²) in [7, 11) is 1.63. The van der Waals surface area contributed by atoms with Crippen LogP contribution in [0, 0.1) is 0 Å². The van der Waals surface area contributed by atoms with Crippen LogP contribution in [-0.2, 0) is 4.79 Å². The van der Waals surface area contributed by atoms with Gasteiger partial charge in [-0.3, -0.25) is 4.79 Å². The quantitative estimate of drug-likeness (QED) is 0.730. The Labute approximate surface area is 87.6 Å². The number of carbonyl (C=O) groups excluding carboxylic acids is 1. The van der Waals surface area contributed by atoms with Crippen molar-refractivity contribution < 1.29 is 9.53 Å². The van der Waals surface area contributed by atoms with Gasteiger partial charge in [-0.1, -0.05) is 0 Å². The first-order valence-electron chi connectivity index (χ1n) is 5.01. The molecule has 4 nitrogen and oxygen atoms in total. The molecular weight excluding hydrogens is 192 g/mol. The van der Waals surface area contributed by atoms with E-state index in [1.54, 1.807) is 7.11 Å². The third kappa shape index (κ3) is 1.17. The second-order valence-electron chi connectivity index (χ2n) is 4.07. The maximum Gasteiger partial charge on any atom is 0.250 e. The molecule has 78 valence electrons. The van der Waals surface area contributed by atoms with Crippen LogP contribution in [0.5, 0.6) is 5.75 Å². The van der Waals surface area contributed by atoms with Gasteiger partial charge in [0.25, 0.3) is 0 Å². The lowest BCUT2D eigenvalue weighted by Gasteiger charge is -2.26. The van der Waals surface area contributed by atoms with Crippen LogP contribution < -0.4 is 15.4 Å². The Morgan fingerprint density at radius 1 is 1.33 bits per heavy atom. The zero-order valence-electron chi connectivity index (χ0n) is 8.46. The Bertz CT molecular complexity index is 438. The SMILES string of the molecule is COc1ccc2c(c1)NC1(CC1)C(=O)N2. The molecule has 1 aromatic carbocycles. The van der Waals surface area contributed by atoms with Gasteiger partial charge in [-0.2, -0.15) is 0 Å². The lowest BCUT2D eigenvalue weighted by Crippen LogP contribution is -2.40. The molecule has 1 spiro atoms. The summed E-state index contributed by atoms with van der Waals surface area (Å²) in [6.45, 7) is 0. The number of amides is 1. The lowest BCUT2D eigenvalue weighted by atomic mass is 10.1. The van der Waals surface area contributed by atoms with E-state index in [4.69, 9.17) is 4.74 Å². The average molecular weight is 204 g/mol. The Morgan fingerprint density at radius 3 is 2.80 bits per heavy atom. The first kappa shape index (κ1) is 8.59. The molecule has 1 amide bonds. The van der Waals surface area contributed by atoms with E-state index in [0.29, 0.717) is 0 Å². The third-order valence-corrected chi connectivity index (χ3v) is 3.03. The van der Waals surface area contributed by atoms with Crippen molar-refractivity contribution in [3.63, 3.8) is 0 Å². The molecule has 2 aliphatic rings. The van der Waals surface area contributed by atoms with E-state index in [1.165, 1.54) is 0 Å². The minimum atomic E-state index is -0.334. The van der Waals surface area contributed by atoms with E-state index in [1.807, 2.05) is 18.2 Å². The molecule has 1 fully saturated rings. The van der Waals surface area contributed by atoms with E-state index < -0.39 is 0 Å². The van der Waals surface area contributed by atoms with Crippen LogP contribution in [0.4, 0.5) is 11.4 Å². The second kappa shape index (κ2) is 2.66. The summed E-state index contributed by atoms with van der Waals surface area (Å²) in [5.41, 5.74) is 1.45. The number of carbonyl (C=O) groups is 1. The van der Waals surface area contributed by atoms with Crippen LogP contribution >= 0.6 is 0 Å². The van der Waals surface area contributed by atoms with Crippen molar-refractivity contribution in [2.24, 2.45) is 0 Å². The highest BCUT2D eigenvalue weighted by atomic mass is 16.5. The van der Waals surface area contributed by atoms with E-state index in [2.05, 4.69) is 10.6 Å². The monoisotopic (exact) mass is 204 g/mol. The molecule has 1 aliphatic carbocycles. The standard InChI is InChI=1S/C11H12N2O2/c1-15-7-2-3-8-9(6-7)13-11(4-5-11)10(14)12-8/h2-3,6,13H,4-5H2,1H3,(H,12,14). The number of methoxy groups -OCH3 is 1. The van der Waals surface area contributed by atoms with Gasteiger partial charge >= 0.3 is 0 Å². The van der Waals surface area contributed by atoms with Crippen molar-refractivity contribution in [1.29, 1.82) is 0 Å². The first-order valence-corrected chi connectivity index (χ1v) is 5.01. The normalized spacial score (nSPS) is 20.2. The van der Waals surface area contributed by atoms with Gasteiger partial charge in [0.2, 0.25) is 5.91 Å². The van der Waals surface area contributed by atoms with Crippen molar-refractivity contribution in [2.45, 2.75) is 18.4 Å². The third-order valence-electron chi connectivity index (χ3n) is 3.03. The van der Waals surface area contributed by atoms with Crippen molar-refractivity contribution in [3.05, 3.63) is 18.2 Å². The summed E-state index contributed by atoms with van der Waals surface area (Å²) in [5, 5.41) is 6.19. The Balaban J connectivity index is 2.02. The summed E-state index contributed by atoms with van der Waals surface area (Å²) in [5.74, 6) is 0.883. The van der Waals surface area contributed by atoms with Crippen molar-refractivity contribution in [1.82, 2.24) is 0 Å². The molecule has 15 heavy (non-hydrogen) atoms. The largest absolute Gasteiger partial charge is 0.497 e. The Hall–Kier alpha value is -1.71. The fourth-order valence-corrected chi connectivity index (χ4v) is 1.90. The van der Waals surface area contributed by atoms with Crippen molar-refractivity contribution in [2.75, 3.05) is 17.7 Å². The predicted molar refractivity (Wildman–Crippen MR) is 57.2 cm³/mol. The molecule has 1 aromatic rings. The van der Waals surface area contributed by atoms with Crippen molar-refractivity contribution >= 4 is 17.3 Å². The molecule has 0 atom stereocenters. The summed E-state index contributed by atoms with van der Waals surface area (Å²) in [4.78, 5) is 11.7. The number of fused-ring (bicyclic) bond motifs is 1. The first-order chi connectivity index (χ1) is 7.23. The number of benzene rings is 1. The van der Waals surface area contributed by atoms with Crippen LogP contribution in [0.15, 0.2) is 18.2 Å². The second-order valence-corrected chi connectivity index (χ2v) is 4.07. The number of ether oxygens (including phenoxy) is 1. The maximum atomic E-state index is 11.7. The molecule has 1 saturated carbocycles. The molecular formula is C11H12N2O2. The van der Waals surface area contributed by atoms with Gasteiger partial charge < -0.3 is 15.4 Å². The van der Waals surface area contributed by atoms with Gasteiger partial charge in [-0.25, -0.2) is 0 Å². The molecule has 0 unspecified atom stereocenters. The molecule has 0 bridgehead atoms. The summed E-state index contributed by atoms with van der Waals surface area (Å²) in [6.07, 6.45) is 1.82. The van der Waals surface area contributed by atoms with Crippen LogP contribution in [0.1, 0.15) is 12.8 Å². The molecule has 0 saturated heterocycles. The van der Waals surface area contributed by atoms with Crippen molar-refractivity contribution in [3.8, 4) is 5.75 Å². The number of nitrogens with one attached hydrogen (secondary N) is 2. The number of hydrogen-bond donors (Lipinski definition) is 2. The average Bonchev–Trinajstić information content (AvgIpc) is 3.00. The molecule has 0 aromatic heterocycles. The van der Waals surface area contributed by atoms with Gasteiger partial charge in [0.15, 0.2) is 0 Å². The van der Waals surface area contributed by atoms with Gasteiger partial charge in [0, 0.05) is 6.07 Å². The summed E-state index contributed by atoms with van der Waals surface area (Å²) in [6, 6.07) is 5.61. The van der Waals surface area contributed by atoms with E-state index in [-0.39, 0.29) is 11.4 Å². The van der Waals surface area contributed by atoms with E-state index in [9.17, 15) is 4.79 Å². The number of hydrogen-bond acceptors (Lipinski definition) is 3. The van der Waals surface area contributed by atoms with Gasteiger partial charge in [-0.15, -0.1) is 0 Å². The topological polar surface area (TPSA) is 50.4 Å². The fourth-order valence-electron chi connectivity index (χ4n) is 1.90. The van der Waals surface area contributed by atoms with Gasteiger partial charge in [-0.05, 0) is 25.0 Å². The highest BCUT2D eigenvalue weighted by Gasteiger charge is 2.52. The number of rotatable bonds is 1. The van der Waals surface area contributed by atoms with E-state index in [0.717, 1.165) is 30.0 Å². The lowest BCUT2D eigenvalue weighted by molar-refractivity contribution is -0.117. The highest BCUT2D eigenvalue weighted by Crippen LogP contribution is 2.45. The fraction of sp³-hybridized carbons (Fsp3) is 0.364. The molecule has 1 aliphatic heterocycles. The van der Waals surface area contributed by atoms with Crippen LogP contribution in [-0.4, -0.2) is 18.6 Å². The van der Waals surface area contributed by atoms with Crippen LogP contribution in [0.3, 0.4) is 0 Å². The molecule has 0 radical (unpaired) electrons. The molecule has 1 heterocycles. The minimum Gasteiger partial charge on any atom is -0.497 e. The summed E-state index contributed by atoms with van der Waals surface area (Å²) < 4.78 is 5.14. The maximum absolute atomic E-state index is 11.7. The van der Waals surface area contributed by atoms with Crippen LogP contribution in [0.2, 0.25) is 0 Å². The minimum absolute atomic E-state index is 0.0835.